The third kappa shape index (κ3) is 4.93. The number of anilines is 1. The average Bonchev–Trinajstić information content (AvgIpc) is 2.92. The van der Waals surface area contributed by atoms with Crippen LogP contribution in [0.4, 0.5) is 5.69 Å². The summed E-state index contributed by atoms with van der Waals surface area (Å²) in [7, 11) is 0. The van der Waals surface area contributed by atoms with Gasteiger partial charge in [-0.1, -0.05) is 84.7 Å². The van der Waals surface area contributed by atoms with Crippen LogP contribution in [0.25, 0.3) is 6.08 Å². The number of nitrogens with zero attached hydrogens (tertiary/aromatic N) is 1. The Balaban J connectivity index is 1.63. The summed E-state index contributed by atoms with van der Waals surface area (Å²) in [5.74, 6) is -0.524. The van der Waals surface area contributed by atoms with Gasteiger partial charge in [-0.2, -0.15) is 0 Å². The van der Waals surface area contributed by atoms with E-state index in [2.05, 4.69) is 5.32 Å². The lowest BCUT2D eigenvalue weighted by atomic mass is 10.2. The molecule has 0 aromatic heterocycles. The average molecular weight is 395 g/mol. The van der Waals surface area contributed by atoms with Crippen LogP contribution in [0, 0.1) is 6.92 Å². The van der Waals surface area contributed by atoms with Gasteiger partial charge in [0.25, 0.3) is 5.91 Å². The van der Waals surface area contributed by atoms with Gasteiger partial charge in [-0.25, -0.2) is 0 Å². The van der Waals surface area contributed by atoms with Gasteiger partial charge in [0, 0.05) is 5.69 Å². The number of thiocarbonyl (C=S) groups is 1. The number of benzene rings is 2. The summed E-state index contributed by atoms with van der Waals surface area (Å²) in [6.07, 6.45) is 5.46. The van der Waals surface area contributed by atoms with E-state index in [1.165, 1.54) is 16.7 Å². The van der Waals surface area contributed by atoms with Crippen molar-refractivity contribution in [3.05, 3.63) is 82.8 Å². The first-order valence-electron chi connectivity index (χ1n) is 8.37. The van der Waals surface area contributed by atoms with Crippen molar-refractivity contribution in [1.29, 1.82) is 0 Å². The largest absolute Gasteiger partial charge is 0.324 e. The molecule has 6 heteroatoms. The highest BCUT2D eigenvalue weighted by molar-refractivity contribution is 8.26. The van der Waals surface area contributed by atoms with Crippen molar-refractivity contribution in [3.63, 3.8) is 0 Å². The van der Waals surface area contributed by atoms with Crippen LogP contribution in [0.2, 0.25) is 0 Å². The standard InChI is InChI=1S/C21H18N2O2S2/c1-15-8-5-6-12-17(15)22-19(24)14-23-20(25)18(27-21(23)26)13-7-11-16-9-3-2-4-10-16/h2-13H,14H2,1H3,(H,22,24)/b11-7+,18-13+. The number of thioether (sulfide) groups is 1. The lowest BCUT2D eigenvalue weighted by molar-refractivity contribution is -0.126. The Labute approximate surface area is 168 Å². The summed E-state index contributed by atoms with van der Waals surface area (Å²) in [4.78, 5) is 26.7. The number of rotatable bonds is 5. The van der Waals surface area contributed by atoms with Gasteiger partial charge in [-0.3, -0.25) is 14.5 Å². The van der Waals surface area contributed by atoms with Crippen molar-refractivity contribution in [2.75, 3.05) is 11.9 Å². The number of aryl methyl sites for hydroxylation is 1. The molecule has 1 aliphatic heterocycles. The molecule has 4 nitrogen and oxygen atoms in total. The zero-order valence-corrected chi connectivity index (χ0v) is 16.3. The van der Waals surface area contributed by atoms with Crippen molar-refractivity contribution in [2.24, 2.45) is 0 Å². The van der Waals surface area contributed by atoms with E-state index < -0.39 is 0 Å². The summed E-state index contributed by atoms with van der Waals surface area (Å²) in [6, 6.07) is 17.3. The van der Waals surface area contributed by atoms with Crippen LogP contribution in [-0.4, -0.2) is 27.6 Å². The van der Waals surface area contributed by atoms with Gasteiger partial charge in [0.05, 0.1) is 4.91 Å². The molecule has 0 unspecified atom stereocenters. The maximum absolute atomic E-state index is 12.5. The zero-order chi connectivity index (χ0) is 19.2. The number of carbonyl (C=O) groups excluding carboxylic acids is 2. The Morgan fingerprint density at radius 1 is 1.15 bits per heavy atom. The van der Waals surface area contributed by atoms with Crippen LogP contribution in [0.15, 0.2) is 71.7 Å². The minimum absolute atomic E-state index is 0.0985. The Morgan fingerprint density at radius 3 is 2.59 bits per heavy atom. The van der Waals surface area contributed by atoms with Crippen LogP contribution < -0.4 is 5.32 Å². The fourth-order valence-electron chi connectivity index (χ4n) is 2.51. The third-order valence-electron chi connectivity index (χ3n) is 3.93. The highest BCUT2D eigenvalue weighted by Gasteiger charge is 2.33. The van der Waals surface area contributed by atoms with E-state index in [1.807, 2.05) is 73.7 Å². The van der Waals surface area contributed by atoms with Crippen LogP contribution >= 0.6 is 24.0 Å². The van der Waals surface area contributed by atoms with Gasteiger partial charge >= 0.3 is 0 Å². The molecular weight excluding hydrogens is 376 g/mol. The van der Waals surface area contributed by atoms with Gasteiger partial charge in [-0.05, 0) is 30.2 Å². The van der Waals surface area contributed by atoms with E-state index in [1.54, 1.807) is 6.08 Å². The van der Waals surface area contributed by atoms with Crippen molar-refractivity contribution in [2.45, 2.75) is 6.92 Å². The minimum atomic E-state index is -0.276. The first-order valence-corrected chi connectivity index (χ1v) is 9.59. The molecule has 0 aliphatic carbocycles. The quantitative estimate of drug-likeness (QED) is 0.604. The van der Waals surface area contributed by atoms with E-state index in [-0.39, 0.29) is 18.4 Å². The third-order valence-corrected chi connectivity index (χ3v) is 5.33. The number of hydrogen-bond acceptors (Lipinski definition) is 4. The Hall–Kier alpha value is -2.70. The smallest absolute Gasteiger partial charge is 0.266 e. The number of nitrogens with one attached hydrogen (secondary N) is 1. The summed E-state index contributed by atoms with van der Waals surface area (Å²) in [5.41, 5.74) is 2.73. The van der Waals surface area contributed by atoms with E-state index in [9.17, 15) is 9.59 Å². The number of allylic oxidation sites excluding steroid dienone is 2. The van der Waals surface area contributed by atoms with Crippen LogP contribution in [-0.2, 0) is 9.59 Å². The molecule has 3 rings (SSSR count). The van der Waals surface area contributed by atoms with Crippen molar-refractivity contribution < 1.29 is 9.59 Å². The molecular formula is C21H18N2O2S2. The fourth-order valence-corrected chi connectivity index (χ4v) is 3.71. The summed E-state index contributed by atoms with van der Waals surface area (Å²) in [6.45, 7) is 1.82. The highest BCUT2D eigenvalue weighted by Crippen LogP contribution is 2.31. The summed E-state index contributed by atoms with van der Waals surface area (Å²) < 4.78 is 0.388. The lowest BCUT2D eigenvalue weighted by Gasteiger charge is -2.15. The van der Waals surface area contributed by atoms with Crippen molar-refractivity contribution >= 4 is 51.9 Å². The predicted molar refractivity (Wildman–Crippen MR) is 115 cm³/mol. The number of para-hydroxylation sites is 1. The van der Waals surface area contributed by atoms with Crippen LogP contribution in [0.3, 0.4) is 0 Å². The second kappa shape index (κ2) is 8.79. The number of carbonyl (C=O) groups is 2. The number of amides is 2. The van der Waals surface area contributed by atoms with E-state index >= 15 is 0 Å². The molecule has 0 spiro atoms. The normalized spacial score (nSPS) is 15.7. The first kappa shape index (κ1) is 19.1. The lowest BCUT2D eigenvalue weighted by Crippen LogP contribution is -2.36. The Morgan fingerprint density at radius 2 is 1.85 bits per heavy atom. The van der Waals surface area contributed by atoms with Crippen molar-refractivity contribution in [1.82, 2.24) is 4.90 Å². The second-order valence-electron chi connectivity index (χ2n) is 5.92. The first-order chi connectivity index (χ1) is 13.0. The minimum Gasteiger partial charge on any atom is -0.324 e. The van der Waals surface area contributed by atoms with Gasteiger partial charge in [0.1, 0.15) is 10.9 Å². The number of hydrogen-bond donors (Lipinski definition) is 1. The molecule has 136 valence electrons. The topological polar surface area (TPSA) is 49.4 Å². The Bertz CT molecular complexity index is 936. The van der Waals surface area contributed by atoms with E-state index in [0.717, 1.165) is 16.8 Å². The van der Waals surface area contributed by atoms with E-state index in [0.29, 0.717) is 9.23 Å². The van der Waals surface area contributed by atoms with Crippen LogP contribution in [0.1, 0.15) is 11.1 Å². The van der Waals surface area contributed by atoms with Crippen molar-refractivity contribution in [3.8, 4) is 0 Å². The molecule has 0 bridgehead atoms. The molecule has 0 saturated carbocycles. The molecule has 2 aromatic rings. The zero-order valence-electron chi connectivity index (χ0n) is 14.7. The highest BCUT2D eigenvalue weighted by atomic mass is 32.2. The molecule has 2 amide bonds. The molecule has 0 radical (unpaired) electrons. The fraction of sp³-hybridized carbons (Fsp3) is 0.0952. The van der Waals surface area contributed by atoms with Gasteiger partial charge in [0.15, 0.2) is 0 Å². The maximum atomic E-state index is 12.5. The van der Waals surface area contributed by atoms with E-state index in [4.69, 9.17) is 12.2 Å². The SMILES string of the molecule is Cc1ccccc1NC(=O)CN1C(=O)/C(=C\C=C\c2ccccc2)SC1=S. The van der Waals surface area contributed by atoms with Gasteiger partial charge in [-0.15, -0.1) is 0 Å². The van der Waals surface area contributed by atoms with Gasteiger partial charge < -0.3 is 5.32 Å². The maximum Gasteiger partial charge on any atom is 0.266 e. The van der Waals surface area contributed by atoms with Gasteiger partial charge in [0.2, 0.25) is 5.91 Å². The molecule has 2 aromatic carbocycles. The molecule has 0 atom stereocenters. The molecule has 1 fully saturated rings. The molecule has 27 heavy (non-hydrogen) atoms. The predicted octanol–water partition coefficient (Wildman–Crippen LogP) is 4.39. The Kier molecular flexibility index (Phi) is 6.21. The molecule has 1 heterocycles. The van der Waals surface area contributed by atoms with Crippen LogP contribution in [0.5, 0.6) is 0 Å². The molecule has 1 saturated heterocycles. The summed E-state index contributed by atoms with van der Waals surface area (Å²) in [5, 5.41) is 2.82. The molecule has 1 N–H and O–H groups in total. The monoisotopic (exact) mass is 394 g/mol. The summed E-state index contributed by atoms with van der Waals surface area (Å²) >= 11 is 6.48. The molecule has 1 aliphatic rings. The second-order valence-corrected chi connectivity index (χ2v) is 7.60.